The number of halogens is 4. The molecule has 2 atom stereocenters. The van der Waals surface area contributed by atoms with Crippen LogP contribution in [0.2, 0.25) is 0 Å². The van der Waals surface area contributed by atoms with E-state index in [4.69, 9.17) is 4.74 Å². The van der Waals surface area contributed by atoms with Gasteiger partial charge in [0.05, 0.1) is 18.4 Å². The predicted octanol–water partition coefficient (Wildman–Crippen LogP) is 4.44. The summed E-state index contributed by atoms with van der Waals surface area (Å²) in [5.41, 5.74) is 1.81. The zero-order valence-electron chi connectivity index (χ0n) is 18.0. The second-order valence-corrected chi connectivity index (χ2v) is 8.10. The fourth-order valence-corrected chi connectivity index (χ4v) is 3.93. The van der Waals surface area contributed by atoms with Gasteiger partial charge in [-0.2, -0.15) is 8.78 Å². The van der Waals surface area contributed by atoms with E-state index in [0.29, 0.717) is 25.1 Å². The number of ether oxygens (including phenoxy) is 1. The Balaban J connectivity index is 1.73. The van der Waals surface area contributed by atoms with Crippen LogP contribution in [0.4, 0.5) is 17.6 Å². The number of nitrogens with one attached hydrogen (secondary N) is 1. The zero-order chi connectivity index (χ0) is 23.3. The van der Waals surface area contributed by atoms with Gasteiger partial charge in [-0.25, -0.2) is 4.39 Å². The average Bonchev–Trinajstić information content (AvgIpc) is 3.07. The maximum atomic E-state index is 13.8. The van der Waals surface area contributed by atoms with Crippen molar-refractivity contribution in [2.75, 3.05) is 19.9 Å². The number of carbonyl (C=O) groups is 1. The van der Waals surface area contributed by atoms with E-state index >= 15 is 0 Å². The van der Waals surface area contributed by atoms with E-state index < -0.39 is 36.9 Å². The lowest BCUT2D eigenvalue weighted by Gasteiger charge is -2.32. The number of alkyl halides is 4. The number of rotatable bonds is 9. The highest BCUT2D eigenvalue weighted by Gasteiger charge is 2.52. The molecule has 1 aliphatic heterocycles. The third-order valence-electron chi connectivity index (χ3n) is 5.45. The van der Waals surface area contributed by atoms with Crippen LogP contribution in [-0.4, -0.2) is 53.9 Å². The molecular formula is C23H27F4N3O2. The van der Waals surface area contributed by atoms with Crippen LogP contribution in [0.3, 0.4) is 0 Å². The van der Waals surface area contributed by atoms with Gasteiger partial charge in [-0.15, -0.1) is 0 Å². The van der Waals surface area contributed by atoms with Gasteiger partial charge in [-0.1, -0.05) is 30.3 Å². The van der Waals surface area contributed by atoms with E-state index in [1.54, 1.807) is 18.3 Å². The standard InChI is InChI=1S/C23H27F4N3O2/c1-23(2)30(22(31)21(26)27)19(12-25)20(32-23)16-6-4-15(5-7-16)17-8-9-18(29-13-17)14-28-11-3-10-24/h4-9,13,19-21,28H,3,10-12,14H2,1-2H3/t19-,20-/m1/s1. The first-order valence-electron chi connectivity index (χ1n) is 10.5. The normalized spacial score (nSPS) is 20.2. The van der Waals surface area contributed by atoms with Crippen LogP contribution >= 0.6 is 0 Å². The van der Waals surface area contributed by atoms with E-state index in [1.807, 2.05) is 24.3 Å². The van der Waals surface area contributed by atoms with Gasteiger partial charge in [0, 0.05) is 18.3 Å². The number of hydrogen-bond donors (Lipinski definition) is 1. The number of pyridine rings is 1. The molecule has 0 saturated carbocycles. The van der Waals surface area contributed by atoms with Crippen molar-refractivity contribution in [3.63, 3.8) is 0 Å². The van der Waals surface area contributed by atoms with Gasteiger partial charge in [0.25, 0.3) is 5.91 Å². The van der Waals surface area contributed by atoms with Crippen LogP contribution in [0, 0.1) is 0 Å². The molecule has 0 bridgehead atoms. The fourth-order valence-electron chi connectivity index (χ4n) is 3.93. The Labute approximate surface area is 184 Å². The van der Waals surface area contributed by atoms with Crippen LogP contribution in [0.25, 0.3) is 11.1 Å². The number of nitrogens with zero attached hydrogens (tertiary/aromatic N) is 2. The molecule has 0 spiro atoms. The molecule has 0 radical (unpaired) electrons. The summed E-state index contributed by atoms with van der Waals surface area (Å²) < 4.78 is 57.8. The first-order chi connectivity index (χ1) is 15.3. The summed E-state index contributed by atoms with van der Waals surface area (Å²) in [6, 6.07) is 9.76. The summed E-state index contributed by atoms with van der Waals surface area (Å²) in [5.74, 6) is -1.44. The van der Waals surface area contributed by atoms with Gasteiger partial charge in [-0.05, 0) is 44.0 Å². The molecule has 5 nitrogen and oxygen atoms in total. The van der Waals surface area contributed by atoms with Crippen molar-refractivity contribution in [2.24, 2.45) is 0 Å². The summed E-state index contributed by atoms with van der Waals surface area (Å²) in [7, 11) is 0. The number of benzene rings is 1. The van der Waals surface area contributed by atoms with Crippen molar-refractivity contribution < 1.29 is 27.1 Å². The lowest BCUT2D eigenvalue weighted by atomic mass is 9.99. The topological polar surface area (TPSA) is 54.5 Å². The Morgan fingerprint density at radius 1 is 1.16 bits per heavy atom. The Morgan fingerprint density at radius 3 is 2.41 bits per heavy atom. The number of amides is 1. The van der Waals surface area contributed by atoms with Crippen molar-refractivity contribution in [3.8, 4) is 11.1 Å². The molecule has 1 amide bonds. The molecule has 1 N–H and O–H groups in total. The maximum Gasteiger partial charge on any atom is 0.315 e. The maximum absolute atomic E-state index is 13.8. The first-order valence-corrected chi connectivity index (χ1v) is 10.5. The van der Waals surface area contributed by atoms with Crippen LogP contribution in [-0.2, 0) is 16.1 Å². The Kier molecular flexibility index (Phi) is 7.84. The van der Waals surface area contributed by atoms with Crippen LogP contribution in [0.15, 0.2) is 42.6 Å². The number of hydrogen-bond acceptors (Lipinski definition) is 4. The van der Waals surface area contributed by atoms with Crippen molar-refractivity contribution in [1.29, 1.82) is 0 Å². The molecule has 0 unspecified atom stereocenters. The Morgan fingerprint density at radius 2 is 1.84 bits per heavy atom. The van der Waals surface area contributed by atoms with Gasteiger partial charge in [0.2, 0.25) is 0 Å². The molecule has 3 rings (SSSR count). The lowest BCUT2D eigenvalue weighted by Crippen LogP contribution is -2.51. The van der Waals surface area contributed by atoms with Crippen molar-refractivity contribution >= 4 is 5.91 Å². The minimum atomic E-state index is -3.23. The molecule has 1 fully saturated rings. The van der Waals surface area contributed by atoms with Gasteiger partial charge >= 0.3 is 6.43 Å². The summed E-state index contributed by atoms with van der Waals surface area (Å²) in [5, 5.41) is 3.11. The molecule has 32 heavy (non-hydrogen) atoms. The molecule has 2 heterocycles. The predicted molar refractivity (Wildman–Crippen MR) is 112 cm³/mol. The molecule has 1 saturated heterocycles. The largest absolute Gasteiger partial charge is 0.346 e. The molecule has 9 heteroatoms. The molecule has 0 aliphatic carbocycles. The van der Waals surface area contributed by atoms with E-state index in [-0.39, 0.29) is 6.67 Å². The van der Waals surface area contributed by atoms with Crippen molar-refractivity contribution in [2.45, 2.75) is 51.1 Å². The highest BCUT2D eigenvalue weighted by molar-refractivity contribution is 5.80. The third kappa shape index (κ3) is 5.27. The third-order valence-corrected chi connectivity index (χ3v) is 5.45. The molecule has 1 aliphatic rings. The average molecular weight is 453 g/mol. The summed E-state index contributed by atoms with van der Waals surface area (Å²) >= 11 is 0. The fraction of sp³-hybridized carbons (Fsp3) is 0.478. The molecule has 1 aromatic carbocycles. The molecule has 1 aromatic heterocycles. The summed E-state index contributed by atoms with van der Waals surface area (Å²) in [4.78, 5) is 17.2. The van der Waals surface area contributed by atoms with Gasteiger partial charge in [-0.3, -0.25) is 14.2 Å². The number of carbonyl (C=O) groups excluding carboxylic acids is 1. The van der Waals surface area contributed by atoms with Gasteiger partial charge < -0.3 is 15.0 Å². The van der Waals surface area contributed by atoms with E-state index in [0.717, 1.165) is 21.7 Å². The summed E-state index contributed by atoms with van der Waals surface area (Å²) in [6.07, 6.45) is -1.90. The van der Waals surface area contributed by atoms with Gasteiger partial charge in [0.1, 0.15) is 18.5 Å². The first kappa shape index (κ1) is 24.1. The summed E-state index contributed by atoms with van der Waals surface area (Å²) in [6.45, 7) is 2.73. The van der Waals surface area contributed by atoms with Crippen molar-refractivity contribution in [3.05, 3.63) is 53.9 Å². The SMILES string of the molecule is CC1(C)O[C@H](c2ccc(-c3ccc(CNCCCF)nc3)cc2)[C@@H](CF)N1C(=O)C(F)F. The minimum Gasteiger partial charge on any atom is -0.346 e. The molecule has 2 aromatic rings. The Bertz CT molecular complexity index is 891. The van der Waals surface area contributed by atoms with E-state index in [9.17, 15) is 22.4 Å². The van der Waals surface area contributed by atoms with Crippen molar-refractivity contribution in [1.82, 2.24) is 15.2 Å². The molecular weight excluding hydrogens is 426 g/mol. The van der Waals surface area contributed by atoms with Crippen LogP contribution < -0.4 is 5.32 Å². The second-order valence-electron chi connectivity index (χ2n) is 8.10. The Hall–Kier alpha value is -2.52. The zero-order valence-corrected chi connectivity index (χ0v) is 18.0. The van der Waals surface area contributed by atoms with E-state index in [2.05, 4.69) is 10.3 Å². The highest BCUT2D eigenvalue weighted by Crippen LogP contribution is 2.42. The molecule has 174 valence electrons. The minimum absolute atomic E-state index is 0.356. The highest BCUT2D eigenvalue weighted by atomic mass is 19.3. The quantitative estimate of drug-likeness (QED) is 0.451. The van der Waals surface area contributed by atoms with Gasteiger partial charge in [0.15, 0.2) is 0 Å². The van der Waals surface area contributed by atoms with Crippen LogP contribution in [0.1, 0.15) is 37.6 Å². The van der Waals surface area contributed by atoms with Crippen LogP contribution in [0.5, 0.6) is 0 Å². The monoisotopic (exact) mass is 453 g/mol. The smallest absolute Gasteiger partial charge is 0.315 e. The van der Waals surface area contributed by atoms with E-state index in [1.165, 1.54) is 13.8 Å². The second kappa shape index (κ2) is 10.4. The lowest BCUT2D eigenvalue weighted by molar-refractivity contribution is -0.159. The number of aromatic nitrogens is 1.